The van der Waals surface area contributed by atoms with E-state index in [9.17, 15) is 13.9 Å². The summed E-state index contributed by atoms with van der Waals surface area (Å²) in [5, 5.41) is 23.8. The summed E-state index contributed by atoms with van der Waals surface area (Å²) in [6.45, 7) is -0.797. The van der Waals surface area contributed by atoms with Crippen molar-refractivity contribution in [1.82, 2.24) is 9.99 Å². The van der Waals surface area contributed by atoms with Crippen LogP contribution in [-0.4, -0.2) is 28.0 Å². The van der Waals surface area contributed by atoms with Crippen molar-refractivity contribution in [3.63, 3.8) is 0 Å². The quantitative estimate of drug-likeness (QED) is 0.0664. The van der Waals surface area contributed by atoms with Crippen molar-refractivity contribution in [3.8, 4) is 23.7 Å². The van der Waals surface area contributed by atoms with Crippen molar-refractivity contribution in [2.24, 2.45) is 16.8 Å². The molecule has 0 bridgehead atoms. The minimum Gasteiger partial charge on any atom is -0.489 e. The Labute approximate surface area is 244 Å². The molecule has 3 aromatic carbocycles. The SMILES string of the molecule is N#Cc1cccc(COc2ccc(C#Cc3ccc(C(F)(F)C(O)(CN(N)/C=N\N)c4ccc(F)cc4F)nc3)cc2)c1. The monoisotopic (exact) mass is 588 g/mol. The number of halogens is 4. The molecule has 0 amide bonds. The van der Waals surface area contributed by atoms with E-state index in [2.05, 4.69) is 28.0 Å². The van der Waals surface area contributed by atoms with Crippen LogP contribution >= 0.6 is 0 Å². The number of pyridine rings is 1. The zero-order chi connectivity index (χ0) is 31.0. The van der Waals surface area contributed by atoms with Crippen LogP contribution in [0, 0.1) is 34.8 Å². The summed E-state index contributed by atoms with van der Waals surface area (Å²) in [7, 11) is 0. The maximum absolute atomic E-state index is 15.8. The minimum absolute atomic E-state index is 0.274. The molecule has 0 saturated carbocycles. The Morgan fingerprint density at radius 1 is 0.977 bits per heavy atom. The number of aliphatic hydroxyl groups is 1. The molecule has 0 radical (unpaired) electrons. The molecule has 0 spiro atoms. The van der Waals surface area contributed by atoms with Crippen molar-refractivity contribution >= 4 is 6.34 Å². The lowest BCUT2D eigenvalue weighted by atomic mass is 9.84. The second-order valence-corrected chi connectivity index (χ2v) is 9.30. The highest BCUT2D eigenvalue weighted by atomic mass is 19.3. The van der Waals surface area contributed by atoms with Gasteiger partial charge in [0, 0.05) is 29.0 Å². The van der Waals surface area contributed by atoms with Crippen molar-refractivity contribution in [2.75, 3.05) is 6.54 Å². The Balaban J connectivity index is 1.51. The molecular weight excluding hydrogens is 564 g/mol. The third kappa shape index (κ3) is 7.08. The molecule has 0 fully saturated rings. The number of nitrogens with two attached hydrogens (primary N) is 2. The maximum Gasteiger partial charge on any atom is 0.323 e. The van der Waals surface area contributed by atoms with Crippen LogP contribution in [0.15, 0.2) is 90.2 Å². The molecule has 43 heavy (non-hydrogen) atoms. The molecule has 1 unspecified atom stereocenters. The summed E-state index contributed by atoms with van der Waals surface area (Å²) in [5.74, 6) is 10.2. The smallest absolute Gasteiger partial charge is 0.323 e. The Kier molecular flexibility index (Phi) is 9.26. The number of hydrogen-bond acceptors (Lipinski definition) is 7. The van der Waals surface area contributed by atoms with Crippen LogP contribution in [0.3, 0.4) is 0 Å². The fourth-order valence-electron chi connectivity index (χ4n) is 4.11. The lowest BCUT2D eigenvalue weighted by molar-refractivity contribution is -0.203. The molecule has 4 rings (SSSR count). The molecule has 12 heteroatoms. The molecule has 218 valence electrons. The van der Waals surface area contributed by atoms with Crippen LogP contribution in [-0.2, 0) is 18.1 Å². The first-order valence-electron chi connectivity index (χ1n) is 12.6. The van der Waals surface area contributed by atoms with Crippen LogP contribution in [0.5, 0.6) is 5.75 Å². The van der Waals surface area contributed by atoms with E-state index < -0.39 is 41.0 Å². The van der Waals surface area contributed by atoms with E-state index in [0.29, 0.717) is 34.0 Å². The standard InChI is InChI=1S/C31H24F4N6O2/c32-25-9-12-27(28(33)15-25)30(42,19-41(38)20-40-37)31(34,35)29-13-8-22(17-39-29)5-4-21-6-10-26(11-7-21)43-18-24-3-1-2-23(14-24)16-36/h1-3,6-15,17,20,42H,18-19,37-38H2/b40-20-. The van der Waals surface area contributed by atoms with Crippen LogP contribution in [0.2, 0.25) is 0 Å². The van der Waals surface area contributed by atoms with E-state index in [4.69, 9.17) is 21.7 Å². The zero-order valence-electron chi connectivity index (χ0n) is 22.4. The summed E-state index contributed by atoms with van der Waals surface area (Å²) in [4.78, 5) is 3.77. The van der Waals surface area contributed by atoms with Gasteiger partial charge in [0.05, 0.1) is 18.2 Å². The number of aromatic nitrogens is 1. The van der Waals surface area contributed by atoms with Gasteiger partial charge < -0.3 is 15.7 Å². The third-order valence-corrected chi connectivity index (χ3v) is 6.27. The molecule has 1 atom stereocenters. The van der Waals surface area contributed by atoms with Gasteiger partial charge in [0.1, 0.15) is 36.0 Å². The van der Waals surface area contributed by atoms with Gasteiger partial charge in [0.2, 0.25) is 0 Å². The molecule has 0 aliphatic carbocycles. The number of alkyl halides is 2. The lowest BCUT2D eigenvalue weighted by Crippen LogP contribution is -2.53. The molecule has 1 aromatic heterocycles. The van der Waals surface area contributed by atoms with Crippen LogP contribution < -0.4 is 16.4 Å². The average molecular weight is 589 g/mol. The Bertz CT molecular complexity index is 1710. The summed E-state index contributed by atoms with van der Waals surface area (Å²) in [6.07, 6.45) is 1.83. The highest BCUT2D eigenvalue weighted by Gasteiger charge is 2.58. The zero-order valence-corrected chi connectivity index (χ0v) is 22.4. The third-order valence-electron chi connectivity index (χ3n) is 6.27. The molecule has 8 nitrogen and oxygen atoms in total. The number of hydrazine groups is 1. The number of hydrazone groups is 1. The average Bonchev–Trinajstić information content (AvgIpc) is 2.99. The van der Waals surface area contributed by atoms with E-state index in [0.717, 1.165) is 30.2 Å². The number of ether oxygens (including phenoxy) is 1. The van der Waals surface area contributed by atoms with Crippen LogP contribution in [0.1, 0.15) is 33.5 Å². The number of benzene rings is 3. The van der Waals surface area contributed by atoms with E-state index in [1.165, 1.54) is 6.07 Å². The van der Waals surface area contributed by atoms with Gasteiger partial charge in [-0.05, 0) is 66.2 Å². The number of nitrogens with zero attached hydrogens (tertiary/aromatic N) is 4. The topological polar surface area (TPSA) is 134 Å². The van der Waals surface area contributed by atoms with E-state index in [-0.39, 0.29) is 12.2 Å². The number of rotatable bonds is 9. The van der Waals surface area contributed by atoms with Gasteiger partial charge in [-0.2, -0.15) is 19.1 Å². The van der Waals surface area contributed by atoms with Gasteiger partial charge >= 0.3 is 5.92 Å². The Morgan fingerprint density at radius 3 is 2.35 bits per heavy atom. The van der Waals surface area contributed by atoms with E-state index in [1.54, 1.807) is 42.5 Å². The second-order valence-electron chi connectivity index (χ2n) is 9.30. The predicted octanol–water partition coefficient (Wildman–Crippen LogP) is 4.27. The highest BCUT2D eigenvalue weighted by molar-refractivity contribution is 5.54. The lowest BCUT2D eigenvalue weighted by Gasteiger charge is -2.37. The normalized spacial score (nSPS) is 12.6. The van der Waals surface area contributed by atoms with Gasteiger partial charge in [-0.3, -0.25) is 9.99 Å². The molecular formula is C31H24F4N6O2. The van der Waals surface area contributed by atoms with Gasteiger partial charge in [-0.1, -0.05) is 24.0 Å². The first-order chi connectivity index (χ1) is 20.6. The fraction of sp³-hybridized carbons (Fsp3) is 0.129. The first kappa shape index (κ1) is 30.5. The van der Waals surface area contributed by atoms with Gasteiger partial charge in [0.15, 0.2) is 5.60 Å². The predicted molar refractivity (Wildman–Crippen MR) is 150 cm³/mol. The summed E-state index contributed by atoms with van der Waals surface area (Å²) < 4.78 is 65.5. The van der Waals surface area contributed by atoms with Crippen LogP contribution in [0.4, 0.5) is 17.6 Å². The summed E-state index contributed by atoms with van der Waals surface area (Å²) in [6, 6.07) is 20.0. The van der Waals surface area contributed by atoms with Crippen molar-refractivity contribution < 1.29 is 27.4 Å². The van der Waals surface area contributed by atoms with E-state index in [1.807, 2.05) is 6.07 Å². The molecule has 1 heterocycles. The fourth-order valence-corrected chi connectivity index (χ4v) is 4.11. The first-order valence-corrected chi connectivity index (χ1v) is 12.6. The molecule has 0 aliphatic heterocycles. The minimum atomic E-state index is -4.22. The van der Waals surface area contributed by atoms with Crippen LogP contribution in [0.25, 0.3) is 0 Å². The molecule has 4 aromatic rings. The second kappa shape index (κ2) is 13.0. The Morgan fingerprint density at radius 2 is 1.70 bits per heavy atom. The summed E-state index contributed by atoms with van der Waals surface area (Å²) >= 11 is 0. The van der Waals surface area contributed by atoms with Gasteiger partial charge in [-0.25, -0.2) is 14.6 Å². The largest absolute Gasteiger partial charge is 0.489 e. The van der Waals surface area contributed by atoms with Crippen molar-refractivity contribution in [3.05, 3.63) is 130 Å². The number of nitriles is 1. The molecule has 0 aliphatic rings. The van der Waals surface area contributed by atoms with Gasteiger partial charge in [0.25, 0.3) is 0 Å². The van der Waals surface area contributed by atoms with Crippen molar-refractivity contribution in [2.45, 2.75) is 18.1 Å². The van der Waals surface area contributed by atoms with Gasteiger partial charge in [-0.15, -0.1) is 0 Å². The number of hydrogen-bond donors (Lipinski definition) is 3. The van der Waals surface area contributed by atoms with Crippen molar-refractivity contribution in [1.29, 1.82) is 5.26 Å². The summed E-state index contributed by atoms with van der Waals surface area (Å²) in [5.41, 5.74) is -2.85. The molecule has 0 saturated heterocycles. The molecule has 5 N–H and O–H groups in total. The highest BCUT2D eigenvalue weighted by Crippen LogP contribution is 2.46. The Hall–Kier alpha value is -5.43. The van der Waals surface area contributed by atoms with E-state index >= 15 is 8.78 Å². The maximum atomic E-state index is 15.8.